The minimum absolute atomic E-state index is 0.00130. The van der Waals surface area contributed by atoms with E-state index in [1.54, 1.807) is 24.3 Å². The number of hydrogen-bond acceptors (Lipinski definition) is 4. The van der Waals surface area contributed by atoms with E-state index in [4.69, 9.17) is 39.5 Å². The van der Waals surface area contributed by atoms with E-state index in [0.29, 0.717) is 17.2 Å². The van der Waals surface area contributed by atoms with Gasteiger partial charge in [0.2, 0.25) is 5.88 Å². The van der Waals surface area contributed by atoms with Crippen LogP contribution in [-0.4, -0.2) is 16.8 Å². The quantitative estimate of drug-likeness (QED) is 0.131. The highest BCUT2D eigenvalue weighted by molar-refractivity contribution is 6.48. The number of para-hydroxylation sites is 3. The van der Waals surface area contributed by atoms with Gasteiger partial charge < -0.3 is 4.74 Å². The van der Waals surface area contributed by atoms with Crippen LogP contribution in [0.3, 0.4) is 0 Å². The molecule has 2 amide bonds. The molecule has 6 nitrogen and oxygen atoms in total. The third-order valence-electron chi connectivity index (χ3n) is 6.35. The number of benzene rings is 4. The van der Waals surface area contributed by atoms with Gasteiger partial charge in [-0.3, -0.25) is 19.4 Å². The Balaban J connectivity index is 1.57. The van der Waals surface area contributed by atoms with Gasteiger partial charge in [-0.05, 0) is 54.6 Å². The van der Waals surface area contributed by atoms with Crippen molar-refractivity contribution in [2.45, 2.75) is 6.18 Å². The third kappa shape index (κ3) is 6.76. The second-order valence-corrected chi connectivity index (χ2v) is 10.6. The van der Waals surface area contributed by atoms with Gasteiger partial charge >= 0.3 is 18.0 Å². The first-order valence-corrected chi connectivity index (χ1v) is 14.1. The molecule has 0 N–H and O–H groups in total. The molecular weight excluding hydrogens is 676 g/mol. The molecule has 0 aliphatic heterocycles. The Bertz CT molecular complexity index is 1890. The molecule has 0 aliphatic rings. The molecule has 5 aromatic rings. The van der Waals surface area contributed by atoms with E-state index in [-0.39, 0.29) is 32.9 Å². The predicted molar refractivity (Wildman–Crippen MR) is 164 cm³/mol. The first kappa shape index (κ1) is 32.7. The van der Waals surface area contributed by atoms with Crippen molar-refractivity contribution in [2.24, 2.45) is 0 Å². The number of aromatic nitrogens is 1. The molecule has 46 heavy (non-hydrogen) atoms. The predicted octanol–water partition coefficient (Wildman–Crippen LogP) is 10.2. The van der Waals surface area contributed by atoms with Crippen LogP contribution in [0.1, 0.15) is 5.56 Å². The van der Waals surface area contributed by atoms with Gasteiger partial charge in [0.25, 0.3) is 0 Å². The number of nitrogens with zero attached hydrogens (tertiary/aromatic N) is 3. The van der Waals surface area contributed by atoms with Crippen molar-refractivity contribution in [2.75, 3.05) is 9.80 Å². The topological polar surface area (TPSA) is 62.7 Å². The Labute approximate surface area is 273 Å². The summed E-state index contributed by atoms with van der Waals surface area (Å²) in [6.45, 7) is 0. The Morgan fingerprint density at radius 2 is 1.15 bits per heavy atom. The molecule has 0 saturated heterocycles. The fourth-order valence-corrected chi connectivity index (χ4v) is 5.06. The number of carbonyl (C=O) groups is 2. The summed E-state index contributed by atoms with van der Waals surface area (Å²) in [4.78, 5) is 33.2. The number of amides is 2. The van der Waals surface area contributed by atoms with Crippen LogP contribution in [0.25, 0.3) is 0 Å². The summed E-state index contributed by atoms with van der Waals surface area (Å²) in [6, 6.07) is 21.2. The maximum atomic E-state index is 15.0. The molecule has 0 radical (unpaired) electrons. The standard InChI is InChI=1S/C32H17Cl3F5N3O3/c33-22-15-21(16-23(34)28(22)46-29-24(35)14-18(17-41-29)32(38,39)40)42(19-8-3-1-4-9-19)30(44)31(45)43(20-10-5-2-6-11-20)27-25(36)12-7-13-26(27)37/h1-17H. The fraction of sp³-hybridized carbons (Fsp3) is 0.0312. The molecule has 0 fully saturated rings. The molecular formula is C32H17Cl3F5N3O3. The summed E-state index contributed by atoms with van der Waals surface area (Å²) in [6.07, 6.45) is -4.19. The van der Waals surface area contributed by atoms with Crippen LogP contribution in [-0.2, 0) is 15.8 Å². The van der Waals surface area contributed by atoms with E-state index in [1.165, 1.54) is 48.5 Å². The monoisotopic (exact) mass is 691 g/mol. The zero-order valence-electron chi connectivity index (χ0n) is 22.9. The molecule has 0 atom stereocenters. The van der Waals surface area contributed by atoms with Crippen molar-refractivity contribution >= 4 is 69.4 Å². The molecule has 0 unspecified atom stereocenters. The molecule has 5 rings (SSSR count). The van der Waals surface area contributed by atoms with Gasteiger partial charge in [-0.2, -0.15) is 13.2 Å². The minimum Gasteiger partial charge on any atom is -0.434 e. The van der Waals surface area contributed by atoms with Crippen molar-refractivity contribution in [1.29, 1.82) is 0 Å². The number of carbonyl (C=O) groups excluding carboxylic acids is 2. The molecule has 0 aliphatic carbocycles. The molecule has 0 spiro atoms. The van der Waals surface area contributed by atoms with E-state index in [9.17, 15) is 22.8 Å². The largest absolute Gasteiger partial charge is 0.434 e. The maximum absolute atomic E-state index is 15.0. The van der Waals surface area contributed by atoms with Crippen molar-refractivity contribution < 1.29 is 36.3 Å². The Kier molecular flexibility index (Phi) is 9.47. The zero-order valence-corrected chi connectivity index (χ0v) is 25.2. The average Bonchev–Trinajstić information content (AvgIpc) is 3.02. The highest BCUT2D eigenvalue weighted by atomic mass is 35.5. The smallest absolute Gasteiger partial charge is 0.417 e. The van der Waals surface area contributed by atoms with Crippen LogP contribution in [0.2, 0.25) is 15.1 Å². The number of hydrogen-bond donors (Lipinski definition) is 0. The molecule has 0 bridgehead atoms. The van der Waals surface area contributed by atoms with Crippen molar-refractivity contribution in [3.63, 3.8) is 0 Å². The molecule has 4 aromatic carbocycles. The van der Waals surface area contributed by atoms with Crippen molar-refractivity contribution in [3.05, 3.63) is 136 Å². The Morgan fingerprint density at radius 3 is 1.65 bits per heavy atom. The minimum atomic E-state index is -4.70. The lowest BCUT2D eigenvalue weighted by molar-refractivity contribution is -0.137. The zero-order chi connectivity index (χ0) is 33.2. The van der Waals surface area contributed by atoms with Gasteiger partial charge in [0, 0.05) is 17.6 Å². The summed E-state index contributed by atoms with van der Waals surface area (Å²) in [5, 5.41) is -0.984. The molecule has 1 aromatic heterocycles. The summed E-state index contributed by atoms with van der Waals surface area (Å²) in [7, 11) is 0. The lowest BCUT2D eigenvalue weighted by atomic mass is 10.1. The van der Waals surface area contributed by atoms with Crippen molar-refractivity contribution in [1.82, 2.24) is 4.98 Å². The summed E-state index contributed by atoms with van der Waals surface area (Å²) in [5.74, 6) is -5.51. The van der Waals surface area contributed by atoms with Gasteiger partial charge in [-0.1, -0.05) is 77.3 Å². The number of halogens is 8. The van der Waals surface area contributed by atoms with Gasteiger partial charge in [-0.25, -0.2) is 13.8 Å². The van der Waals surface area contributed by atoms with E-state index >= 15 is 8.78 Å². The molecule has 234 valence electrons. The normalized spacial score (nSPS) is 11.2. The Hall–Kier alpha value is -4.71. The van der Waals surface area contributed by atoms with Gasteiger partial charge in [0.05, 0.1) is 21.3 Å². The van der Waals surface area contributed by atoms with Crippen LogP contribution < -0.4 is 14.5 Å². The van der Waals surface area contributed by atoms with E-state index < -0.39 is 51.8 Å². The van der Waals surface area contributed by atoms with Gasteiger partial charge in [0.1, 0.15) is 22.3 Å². The van der Waals surface area contributed by atoms with Crippen LogP contribution in [0.15, 0.2) is 103 Å². The van der Waals surface area contributed by atoms with E-state index in [1.807, 2.05) is 0 Å². The van der Waals surface area contributed by atoms with Crippen LogP contribution in [0, 0.1) is 11.6 Å². The maximum Gasteiger partial charge on any atom is 0.417 e. The highest BCUT2D eigenvalue weighted by Gasteiger charge is 2.35. The first-order chi connectivity index (χ1) is 21.9. The second-order valence-electron chi connectivity index (χ2n) is 9.37. The van der Waals surface area contributed by atoms with E-state index in [2.05, 4.69) is 4.98 Å². The van der Waals surface area contributed by atoms with Gasteiger partial charge in [0.15, 0.2) is 5.75 Å². The summed E-state index contributed by atoms with van der Waals surface area (Å²) in [5.41, 5.74) is -1.81. The van der Waals surface area contributed by atoms with Crippen LogP contribution in [0.5, 0.6) is 11.6 Å². The third-order valence-corrected chi connectivity index (χ3v) is 7.19. The van der Waals surface area contributed by atoms with Gasteiger partial charge in [-0.15, -0.1) is 0 Å². The summed E-state index contributed by atoms with van der Waals surface area (Å²) < 4.78 is 74.7. The van der Waals surface area contributed by atoms with E-state index in [0.717, 1.165) is 23.1 Å². The number of rotatable bonds is 6. The average molecular weight is 693 g/mol. The molecule has 1 heterocycles. The first-order valence-electron chi connectivity index (χ1n) is 13.0. The fourth-order valence-electron chi connectivity index (χ4n) is 4.30. The number of alkyl halides is 3. The van der Waals surface area contributed by atoms with Crippen LogP contribution >= 0.6 is 34.8 Å². The SMILES string of the molecule is O=C(C(=O)N(c1ccccc1)c1c(F)cccc1F)N(c1ccccc1)c1cc(Cl)c(Oc2ncc(C(F)(F)F)cc2Cl)c(Cl)c1. The van der Waals surface area contributed by atoms with Crippen molar-refractivity contribution in [3.8, 4) is 11.6 Å². The lowest BCUT2D eigenvalue weighted by Crippen LogP contribution is -2.42. The number of pyridine rings is 1. The number of anilines is 4. The highest BCUT2D eigenvalue weighted by Crippen LogP contribution is 2.43. The summed E-state index contributed by atoms with van der Waals surface area (Å²) >= 11 is 18.9. The second kappa shape index (κ2) is 13.3. The number of ether oxygens (including phenoxy) is 1. The Morgan fingerprint density at radius 1 is 0.652 bits per heavy atom. The molecule has 0 saturated carbocycles. The molecule has 14 heteroatoms. The lowest BCUT2D eigenvalue weighted by Gasteiger charge is -2.28. The van der Waals surface area contributed by atoms with Crippen LogP contribution in [0.4, 0.5) is 44.7 Å².